The highest BCUT2D eigenvalue weighted by molar-refractivity contribution is 5.88. The van der Waals surface area contributed by atoms with Crippen LogP contribution in [0.1, 0.15) is 31.0 Å². The van der Waals surface area contributed by atoms with Gasteiger partial charge in [-0.3, -0.25) is 0 Å². The van der Waals surface area contributed by atoms with Crippen molar-refractivity contribution in [3.8, 4) is 0 Å². The van der Waals surface area contributed by atoms with Gasteiger partial charge >= 0.3 is 5.97 Å². The first kappa shape index (κ1) is 16.2. The van der Waals surface area contributed by atoms with Gasteiger partial charge in [0, 0.05) is 30.9 Å². The van der Waals surface area contributed by atoms with Crippen LogP contribution in [0.25, 0.3) is 6.08 Å². The summed E-state index contributed by atoms with van der Waals surface area (Å²) in [5.74, 6) is 0.452. The highest BCUT2D eigenvalue weighted by Crippen LogP contribution is 2.22. The molecule has 3 N–H and O–H groups in total. The Bertz CT molecular complexity index is 554. The third-order valence-corrected chi connectivity index (χ3v) is 3.39. The predicted molar refractivity (Wildman–Crippen MR) is 84.3 cm³/mol. The Labute approximate surface area is 129 Å². The molecular weight excluding hydrogens is 284 g/mol. The Kier molecular flexibility index (Phi) is 5.71. The van der Waals surface area contributed by atoms with Crippen LogP contribution >= 0.6 is 0 Å². The average molecular weight is 306 g/mol. The molecule has 1 saturated heterocycles. The quantitative estimate of drug-likeness (QED) is 0.628. The largest absolute Gasteiger partial charge is 0.463 e. The molecule has 2 heterocycles. The Morgan fingerprint density at radius 3 is 2.86 bits per heavy atom. The normalized spacial score (nSPS) is 15.9. The molecule has 0 saturated carbocycles. The van der Waals surface area contributed by atoms with Gasteiger partial charge in [0.25, 0.3) is 0 Å². The lowest BCUT2D eigenvalue weighted by Crippen LogP contribution is -2.29. The number of nitrogen functional groups attached to an aromatic ring is 1. The summed E-state index contributed by atoms with van der Waals surface area (Å²) in [5.41, 5.74) is 7.19. The van der Waals surface area contributed by atoms with Crippen LogP contribution in [0.5, 0.6) is 0 Å². The van der Waals surface area contributed by atoms with Crippen molar-refractivity contribution in [1.29, 1.82) is 0 Å². The molecule has 2 rings (SSSR count). The molecule has 0 spiro atoms. The molecule has 0 unspecified atom stereocenters. The highest BCUT2D eigenvalue weighted by Gasteiger charge is 2.17. The number of nitrogens with zero attached hydrogens (tertiary/aromatic N) is 2. The minimum absolute atomic E-state index is 0.209. The minimum atomic E-state index is -0.393. The summed E-state index contributed by atoms with van der Waals surface area (Å²) >= 11 is 0. The zero-order valence-corrected chi connectivity index (χ0v) is 13.0. The van der Waals surface area contributed by atoms with Crippen molar-refractivity contribution in [1.82, 2.24) is 9.97 Å². The van der Waals surface area contributed by atoms with Crippen LogP contribution in [0.2, 0.25) is 0 Å². The van der Waals surface area contributed by atoms with Crippen molar-refractivity contribution >= 4 is 23.8 Å². The number of rotatable bonds is 5. The number of hydrogen-bond donors (Lipinski definition) is 2. The molecule has 0 aliphatic carbocycles. The van der Waals surface area contributed by atoms with E-state index in [9.17, 15) is 4.79 Å². The molecular formula is C15H22N4O3. The maximum Gasteiger partial charge on any atom is 0.330 e. The molecule has 1 aromatic heterocycles. The van der Waals surface area contributed by atoms with E-state index in [4.69, 9.17) is 15.2 Å². The van der Waals surface area contributed by atoms with Gasteiger partial charge in [0.2, 0.25) is 5.95 Å². The van der Waals surface area contributed by atoms with E-state index < -0.39 is 5.97 Å². The second-order valence-electron chi connectivity index (χ2n) is 5.05. The van der Waals surface area contributed by atoms with Crippen molar-refractivity contribution in [2.24, 2.45) is 0 Å². The fourth-order valence-electron chi connectivity index (χ4n) is 2.29. The van der Waals surface area contributed by atoms with Crippen LogP contribution in [-0.2, 0) is 14.3 Å². The van der Waals surface area contributed by atoms with E-state index in [1.54, 1.807) is 13.0 Å². The predicted octanol–water partition coefficient (Wildman–Crippen LogP) is 1.53. The van der Waals surface area contributed by atoms with Crippen molar-refractivity contribution in [2.75, 3.05) is 30.9 Å². The third-order valence-electron chi connectivity index (χ3n) is 3.39. The summed E-state index contributed by atoms with van der Waals surface area (Å²) in [6.45, 7) is 5.39. The van der Waals surface area contributed by atoms with E-state index in [0.29, 0.717) is 18.1 Å². The van der Waals surface area contributed by atoms with E-state index in [0.717, 1.165) is 31.6 Å². The lowest BCUT2D eigenvalue weighted by molar-refractivity contribution is -0.137. The van der Waals surface area contributed by atoms with E-state index in [1.165, 1.54) is 6.08 Å². The number of anilines is 2. The van der Waals surface area contributed by atoms with E-state index in [1.807, 2.05) is 6.92 Å². The van der Waals surface area contributed by atoms with Crippen molar-refractivity contribution in [2.45, 2.75) is 32.7 Å². The van der Waals surface area contributed by atoms with Crippen LogP contribution in [0.15, 0.2) is 6.08 Å². The number of carbonyl (C=O) groups is 1. The number of carbonyl (C=O) groups excluding carboxylic acids is 1. The highest BCUT2D eigenvalue weighted by atomic mass is 16.5. The maximum absolute atomic E-state index is 11.5. The summed E-state index contributed by atoms with van der Waals surface area (Å²) in [5, 5.41) is 3.37. The SMILES string of the molecule is CCOC(=O)/C=C/c1c(C)nc(N)nc1NC1CCOCC1. The first-order chi connectivity index (χ1) is 10.6. The minimum Gasteiger partial charge on any atom is -0.463 e. The molecule has 120 valence electrons. The number of nitrogens with two attached hydrogens (primary N) is 1. The maximum atomic E-state index is 11.5. The summed E-state index contributed by atoms with van der Waals surface area (Å²) in [7, 11) is 0. The Hall–Kier alpha value is -2.15. The van der Waals surface area contributed by atoms with Crippen LogP contribution in [0, 0.1) is 6.92 Å². The second kappa shape index (κ2) is 7.74. The van der Waals surface area contributed by atoms with E-state index in [-0.39, 0.29) is 12.0 Å². The van der Waals surface area contributed by atoms with Crippen molar-refractivity contribution < 1.29 is 14.3 Å². The fourth-order valence-corrected chi connectivity index (χ4v) is 2.29. The Morgan fingerprint density at radius 1 is 1.45 bits per heavy atom. The zero-order chi connectivity index (χ0) is 15.9. The lowest BCUT2D eigenvalue weighted by atomic mass is 10.1. The molecule has 0 amide bonds. The number of nitrogens with one attached hydrogen (secondary N) is 1. The molecule has 1 fully saturated rings. The average Bonchev–Trinajstić information content (AvgIpc) is 2.47. The van der Waals surface area contributed by atoms with Crippen molar-refractivity contribution in [3.05, 3.63) is 17.3 Å². The molecule has 7 heteroatoms. The van der Waals surface area contributed by atoms with Crippen LogP contribution in [0.4, 0.5) is 11.8 Å². The molecule has 1 aromatic rings. The van der Waals surface area contributed by atoms with Gasteiger partial charge < -0.3 is 20.5 Å². The van der Waals surface area contributed by atoms with Crippen LogP contribution in [-0.4, -0.2) is 41.8 Å². The first-order valence-corrected chi connectivity index (χ1v) is 7.43. The zero-order valence-electron chi connectivity index (χ0n) is 13.0. The number of aryl methyl sites for hydroxylation is 1. The fraction of sp³-hybridized carbons (Fsp3) is 0.533. The monoisotopic (exact) mass is 306 g/mol. The van der Waals surface area contributed by atoms with Gasteiger partial charge in [-0.25, -0.2) is 9.78 Å². The lowest BCUT2D eigenvalue weighted by Gasteiger charge is -2.24. The van der Waals surface area contributed by atoms with Gasteiger partial charge in [0.1, 0.15) is 5.82 Å². The standard InChI is InChI=1S/C15H22N4O3/c1-3-22-13(20)5-4-12-10(2)17-15(16)19-14(12)18-11-6-8-21-9-7-11/h4-5,11H,3,6-9H2,1-2H3,(H3,16,17,18,19)/b5-4+. The van der Waals surface area contributed by atoms with E-state index in [2.05, 4.69) is 15.3 Å². The van der Waals surface area contributed by atoms with Crippen molar-refractivity contribution in [3.63, 3.8) is 0 Å². The van der Waals surface area contributed by atoms with Gasteiger partial charge in [0.05, 0.1) is 12.3 Å². The smallest absolute Gasteiger partial charge is 0.330 e. The summed E-state index contributed by atoms with van der Waals surface area (Å²) in [4.78, 5) is 19.9. The number of ether oxygens (including phenoxy) is 2. The molecule has 0 aromatic carbocycles. The molecule has 0 radical (unpaired) electrons. The molecule has 7 nitrogen and oxygen atoms in total. The number of hydrogen-bond acceptors (Lipinski definition) is 7. The van der Waals surface area contributed by atoms with Gasteiger partial charge in [-0.2, -0.15) is 4.98 Å². The first-order valence-electron chi connectivity index (χ1n) is 7.43. The topological polar surface area (TPSA) is 99.4 Å². The summed E-state index contributed by atoms with van der Waals surface area (Å²) < 4.78 is 10.2. The Balaban J connectivity index is 2.21. The van der Waals surface area contributed by atoms with E-state index >= 15 is 0 Å². The molecule has 0 bridgehead atoms. The van der Waals surface area contributed by atoms with Gasteiger partial charge in [-0.05, 0) is 32.8 Å². The molecule has 0 atom stereocenters. The van der Waals surface area contributed by atoms with Gasteiger partial charge in [0.15, 0.2) is 0 Å². The molecule has 1 aliphatic rings. The number of esters is 1. The van der Waals surface area contributed by atoms with Gasteiger partial charge in [-0.15, -0.1) is 0 Å². The number of aromatic nitrogens is 2. The Morgan fingerprint density at radius 2 is 2.18 bits per heavy atom. The van der Waals surface area contributed by atoms with Crippen LogP contribution < -0.4 is 11.1 Å². The summed E-state index contributed by atoms with van der Waals surface area (Å²) in [6, 6.07) is 0.275. The second-order valence-corrected chi connectivity index (χ2v) is 5.05. The third kappa shape index (κ3) is 4.42. The van der Waals surface area contributed by atoms with Crippen LogP contribution in [0.3, 0.4) is 0 Å². The molecule has 22 heavy (non-hydrogen) atoms. The molecule has 1 aliphatic heterocycles. The van der Waals surface area contributed by atoms with Gasteiger partial charge in [-0.1, -0.05) is 0 Å². The summed E-state index contributed by atoms with van der Waals surface area (Å²) in [6.07, 6.45) is 4.85.